The van der Waals surface area contributed by atoms with Gasteiger partial charge < -0.3 is 14.8 Å². The van der Waals surface area contributed by atoms with E-state index in [1.165, 1.54) is 29.7 Å². The summed E-state index contributed by atoms with van der Waals surface area (Å²) in [6, 6.07) is 21.4. The molecule has 0 radical (unpaired) electrons. The molecule has 5 nitrogen and oxygen atoms in total. The molecule has 3 aliphatic rings. The average molecular weight is 414 g/mol. The minimum Gasteiger partial charge on any atom is -0.484 e. The summed E-state index contributed by atoms with van der Waals surface area (Å²) in [5, 5.41) is 3.62. The van der Waals surface area contributed by atoms with Gasteiger partial charge in [-0.3, -0.25) is 4.90 Å². The second-order valence-electron chi connectivity index (χ2n) is 8.92. The molecule has 158 valence electrons. The molecule has 3 aliphatic heterocycles. The van der Waals surface area contributed by atoms with E-state index in [2.05, 4.69) is 63.7 Å². The molecule has 2 aromatic carbocycles. The minimum absolute atomic E-state index is 0.110. The zero-order valence-corrected chi connectivity index (χ0v) is 17.6. The maximum Gasteiger partial charge on any atom is 0.257 e. The van der Waals surface area contributed by atoms with Crippen molar-refractivity contribution in [2.45, 2.75) is 30.9 Å². The standard InChI is InChI=1S/C26H27N3O2/c1-2-5-22-21(4-1)26(18-28-22)11-14-29(15-12-26)16-19-7-9-20(10-8-19)24-17-30-23-6-3-13-27-25(23)31-24/h1-10,13,24,28H,11-12,14-18H2/t24-/m1/s1. The topological polar surface area (TPSA) is 46.6 Å². The van der Waals surface area contributed by atoms with Gasteiger partial charge in [0, 0.05) is 30.4 Å². The van der Waals surface area contributed by atoms with Crippen LogP contribution in [0.15, 0.2) is 66.9 Å². The summed E-state index contributed by atoms with van der Waals surface area (Å²) in [6.45, 7) is 4.87. The van der Waals surface area contributed by atoms with Crippen LogP contribution in [0.25, 0.3) is 0 Å². The van der Waals surface area contributed by atoms with E-state index < -0.39 is 0 Å². The summed E-state index contributed by atoms with van der Waals surface area (Å²) in [6.07, 6.45) is 4.06. The molecular weight excluding hydrogens is 386 g/mol. The second kappa shape index (κ2) is 7.57. The van der Waals surface area contributed by atoms with E-state index in [4.69, 9.17) is 9.47 Å². The third kappa shape index (κ3) is 3.43. The molecule has 0 bridgehead atoms. The van der Waals surface area contributed by atoms with Crippen LogP contribution in [0.3, 0.4) is 0 Å². The number of piperidine rings is 1. The number of hydrogen-bond acceptors (Lipinski definition) is 5. The minimum atomic E-state index is -0.110. The highest BCUT2D eigenvalue weighted by Crippen LogP contribution is 2.44. The molecule has 0 saturated carbocycles. The molecule has 3 aromatic rings. The van der Waals surface area contributed by atoms with Gasteiger partial charge in [-0.2, -0.15) is 0 Å². The van der Waals surface area contributed by atoms with Crippen molar-refractivity contribution >= 4 is 5.69 Å². The SMILES string of the molecule is c1ccc2c(c1)NCC21CCN(Cc2ccc([C@H]3COc4cccnc4O3)cc2)CC1. The van der Waals surface area contributed by atoms with Crippen LogP contribution in [0.2, 0.25) is 0 Å². The monoisotopic (exact) mass is 413 g/mol. The quantitative estimate of drug-likeness (QED) is 0.682. The van der Waals surface area contributed by atoms with Gasteiger partial charge in [-0.1, -0.05) is 42.5 Å². The number of anilines is 1. The summed E-state index contributed by atoms with van der Waals surface area (Å²) >= 11 is 0. The van der Waals surface area contributed by atoms with Gasteiger partial charge in [0.1, 0.15) is 6.61 Å². The van der Waals surface area contributed by atoms with E-state index in [0.29, 0.717) is 17.9 Å². The number of rotatable bonds is 3. The summed E-state index contributed by atoms with van der Waals surface area (Å²) in [4.78, 5) is 6.86. The van der Waals surface area contributed by atoms with E-state index in [1.807, 2.05) is 12.1 Å². The molecule has 1 atom stereocenters. The molecule has 0 unspecified atom stereocenters. The Morgan fingerprint density at radius 1 is 1.00 bits per heavy atom. The lowest BCUT2D eigenvalue weighted by molar-refractivity contribution is 0.0850. The number of hydrogen-bond donors (Lipinski definition) is 1. The molecule has 1 fully saturated rings. The lowest BCUT2D eigenvalue weighted by Gasteiger charge is -2.39. The van der Waals surface area contributed by atoms with E-state index in [0.717, 1.165) is 37.5 Å². The number of fused-ring (bicyclic) bond motifs is 3. The van der Waals surface area contributed by atoms with Crippen molar-refractivity contribution in [2.75, 3.05) is 31.6 Å². The highest BCUT2D eigenvalue weighted by molar-refractivity contribution is 5.60. The molecule has 4 heterocycles. The number of nitrogens with zero attached hydrogens (tertiary/aromatic N) is 2. The number of aromatic nitrogens is 1. The molecule has 5 heteroatoms. The molecule has 31 heavy (non-hydrogen) atoms. The summed E-state index contributed by atoms with van der Waals surface area (Å²) in [5.41, 5.74) is 5.65. The predicted octanol–water partition coefficient (Wildman–Crippen LogP) is 4.55. The molecular formula is C26H27N3O2. The lowest BCUT2D eigenvalue weighted by atomic mass is 9.74. The highest BCUT2D eigenvalue weighted by Gasteiger charge is 2.41. The molecule has 1 N–H and O–H groups in total. The van der Waals surface area contributed by atoms with Crippen LogP contribution in [-0.2, 0) is 12.0 Å². The normalized spacial score (nSPS) is 21.5. The maximum atomic E-state index is 6.04. The first kappa shape index (κ1) is 18.7. The summed E-state index contributed by atoms with van der Waals surface area (Å²) in [5.74, 6) is 1.30. The highest BCUT2D eigenvalue weighted by atomic mass is 16.6. The van der Waals surface area contributed by atoms with Gasteiger partial charge in [0.2, 0.25) is 0 Å². The Hall–Kier alpha value is -3.05. The zero-order valence-electron chi connectivity index (χ0n) is 17.6. The van der Waals surface area contributed by atoms with Crippen molar-refractivity contribution in [1.29, 1.82) is 0 Å². The Morgan fingerprint density at radius 2 is 1.84 bits per heavy atom. The van der Waals surface area contributed by atoms with Gasteiger partial charge in [-0.05, 0) is 60.8 Å². The van der Waals surface area contributed by atoms with Crippen LogP contribution in [0.4, 0.5) is 5.69 Å². The van der Waals surface area contributed by atoms with Crippen LogP contribution >= 0.6 is 0 Å². The van der Waals surface area contributed by atoms with Crippen molar-refractivity contribution in [2.24, 2.45) is 0 Å². The second-order valence-corrected chi connectivity index (χ2v) is 8.92. The van der Waals surface area contributed by atoms with Gasteiger partial charge in [0.15, 0.2) is 11.9 Å². The molecule has 0 aliphatic carbocycles. The maximum absolute atomic E-state index is 6.04. The van der Waals surface area contributed by atoms with Gasteiger partial charge in [0.25, 0.3) is 5.88 Å². The number of benzene rings is 2. The molecule has 1 aromatic heterocycles. The van der Waals surface area contributed by atoms with Crippen molar-refractivity contribution in [1.82, 2.24) is 9.88 Å². The largest absolute Gasteiger partial charge is 0.484 e. The molecule has 1 spiro atoms. The molecule has 1 saturated heterocycles. The number of likely N-dealkylation sites (tertiary alicyclic amines) is 1. The van der Waals surface area contributed by atoms with Crippen molar-refractivity contribution in [3.05, 3.63) is 83.6 Å². The van der Waals surface area contributed by atoms with Crippen LogP contribution in [-0.4, -0.2) is 36.1 Å². The van der Waals surface area contributed by atoms with Crippen molar-refractivity contribution < 1.29 is 9.47 Å². The number of ether oxygens (including phenoxy) is 2. The van der Waals surface area contributed by atoms with E-state index in [1.54, 1.807) is 6.20 Å². The first-order chi connectivity index (χ1) is 15.3. The predicted molar refractivity (Wildman–Crippen MR) is 121 cm³/mol. The Labute approximate surface area is 183 Å². The smallest absolute Gasteiger partial charge is 0.257 e. The summed E-state index contributed by atoms with van der Waals surface area (Å²) in [7, 11) is 0. The Bertz CT molecular complexity index is 1070. The van der Waals surface area contributed by atoms with Crippen molar-refractivity contribution in [3.8, 4) is 11.6 Å². The number of pyridine rings is 1. The Kier molecular flexibility index (Phi) is 4.57. The van der Waals surface area contributed by atoms with Gasteiger partial charge >= 0.3 is 0 Å². The molecule has 0 amide bonds. The Morgan fingerprint density at radius 3 is 2.71 bits per heavy atom. The van der Waals surface area contributed by atoms with Crippen LogP contribution in [0.5, 0.6) is 11.6 Å². The van der Waals surface area contributed by atoms with Gasteiger partial charge in [-0.15, -0.1) is 0 Å². The third-order valence-corrected chi connectivity index (χ3v) is 7.07. The number of para-hydroxylation sites is 1. The first-order valence-electron chi connectivity index (χ1n) is 11.2. The number of nitrogens with one attached hydrogen (secondary N) is 1. The van der Waals surface area contributed by atoms with Crippen molar-refractivity contribution in [3.63, 3.8) is 0 Å². The van der Waals surface area contributed by atoms with Gasteiger partial charge in [0.05, 0.1) is 0 Å². The van der Waals surface area contributed by atoms with E-state index >= 15 is 0 Å². The fourth-order valence-corrected chi connectivity index (χ4v) is 5.21. The first-order valence-corrected chi connectivity index (χ1v) is 11.2. The fraction of sp³-hybridized carbons (Fsp3) is 0.346. The summed E-state index contributed by atoms with van der Waals surface area (Å²) < 4.78 is 11.8. The average Bonchev–Trinajstić information content (AvgIpc) is 3.19. The van der Waals surface area contributed by atoms with Crippen LogP contribution < -0.4 is 14.8 Å². The van der Waals surface area contributed by atoms with E-state index in [-0.39, 0.29) is 6.10 Å². The lowest BCUT2D eigenvalue weighted by Crippen LogP contribution is -2.43. The zero-order chi connectivity index (χ0) is 20.7. The van der Waals surface area contributed by atoms with Gasteiger partial charge in [-0.25, -0.2) is 4.98 Å². The molecule has 6 rings (SSSR count). The van der Waals surface area contributed by atoms with Crippen LogP contribution in [0.1, 0.15) is 35.6 Å². The third-order valence-electron chi connectivity index (χ3n) is 7.07. The fourth-order valence-electron chi connectivity index (χ4n) is 5.21. The van der Waals surface area contributed by atoms with E-state index in [9.17, 15) is 0 Å². The van der Waals surface area contributed by atoms with Crippen LogP contribution in [0, 0.1) is 0 Å². The Balaban J connectivity index is 1.08.